The van der Waals surface area contributed by atoms with E-state index in [2.05, 4.69) is 39.1 Å². The number of hydrogen-bond acceptors (Lipinski definition) is 3. The van der Waals surface area contributed by atoms with Gasteiger partial charge in [0.1, 0.15) is 0 Å². The third-order valence-electron chi connectivity index (χ3n) is 2.85. The van der Waals surface area contributed by atoms with E-state index in [-0.39, 0.29) is 18.0 Å². The Morgan fingerprint density at radius 2 is 2.00 bits per heavy atom. The van der Waals surface area contributed by atoms with Gasteiger partial charge in [-0.15, -0.1) is 0 Å². The Balaban J connectivity index is 2.94. The van der Waals surface area contributed by atoms with Crippen LogP contribution >= 0.6 is 0 Å². The van der Waals surface area contributed by atoms with Gasteiger partial charge in [0.2, 0.25) is 5.91 Å². The molecule has 0 aromatic heterocycles. The van der Waals surface area contributed by atoms with Crippen LogP contribution in [0.25, 0.3) is 0 Å². The monoisotopic (exact) mass is 263 g/mol. The molecule has 4 heteroatoms. The largest absolute Gasteiger partial charge is 0.368 e. The third kappa shape index (κ3) is 5.30. The van der Waals surface area contributed by atoms with Crippen molar-refractivity contribution < 1.29 is 4.79 Å². The van der Waals surface area contributed by atoms with E-state index in [0.717, 1.165) is 12.2 Å². The molecule has 4 nitrogen and oxygen atoms in total. The lowest BCUT2D eigenvalue weighted by molar-refractivity contribution is -0.116. The first-order valence-electron chi connectivity index (χ1n) is 6.53. The highest BCUT2D eigenvalue weighted by molar-refractivity contribution is 5.79. The summed E-state index contributed by atoms with van der Waals surface area (Å²) in [5, 5.41) is 3.47. The van der Waals surface area contributed by atoms with Gasteiger partial charge >= 0.3 is 0 Å². The number of amides is 1. The molecule has 0 aliphatic heterocycles. The topological polar surface area (TPSA) is 58.4 Å². The molecule has 1 aromatic rings. The lowest BCUT2D eigenvalue weighted by Gasteiger charge is -2.25. The van der Waals surface area contributed by atoms with Gasteiger partial charge < -0.3 is 16.0 Å². The van der Waals surface area contributed by atoms with E-state index in [4.69, 9.17) is 5.73 Å². The fraction of sp³-hybridized carbons (Fsp3) is 0.533. The van der Waals surface area contributed by atoms with Crippen LogP contribution in [0.15, 0.2) is 18.2 Å². The van der Waals surface area contributed by atoms with Gasteiger partial charge in [0.05, 0.1) is 6.54 Å². The van der Waals surface area contributed by atoms with Gasteiger partial charge in [0.15, 0.2) is 0 Å². The van der Waals surface area contributed by atoms with Crippen LogP contribution < -0.4 is 16.0 Å². The molecule has 0 radical (unpaired) electrons. The maximum absolute atomic E-state index is 11.0. The molecule has 0 saturated carbocycles. The molecule has 0 aliphatic rings. The highest BCUT2D eigenvalue weighted by Gasteiger charge is 2.13. The number of likely N-dealkylation sites (N-methyl/N-ethyl adjacent to an activating group) is 1. The van der Waals surface area contributed by atoms with Crippen LogP contribution in [-0.4, -0.2) is 25.0 Å². The Labute approximate surface area is 116 Å². The predicted molar refractivity (Wildman–Crippen MR) is 80.2 cm³/mol. The Hall–Kier alpha value is -1.55. The van der Waals surface area contributed by atoms with Crippen LogP contribution in [0.5, 0.6) is 0 Å². The molecule has 0 unspecified atom stereocenters. The van der Waals surface area contributed by atoms with Crippen molar-refractivity contribution in [3.05, 3.63) is 29.3 Å². The molecule has 1 aromatic carbocycles. The van der Waals surface area contributed by atoms with Crippen molar-refractivity contribution in [1.29, 1.82) is 0 Å². The SMILES string of the molecule is Cc1ccc(N(C)CC(N)=O)c(CNC(C)(C)C)c1. The number of carbonyl (C=O) groups excluding carboxylic acids is 1. The van der Waals surface area contributed by atoms with Crippen LogP contribution in [0.3, 0.4) is 0 Å². The highest BCUT2D eigenvalue weighted by Crippen LogP contribution is 2.21. The predicted octanol–water partition coefficient (Wildman–Crippen LogP) is 1.80. The Morgan fingerprint density at radius 3 is 2.53 bits per heavy atom. The number of nitrogens with two attached hydrogens (primary N) is 1. The van der Waals surface area contributed by atoms with Crippen molar-refractivity contribution in [2.75, 3.05) is 18.5 Å². The second-order valence-corrected chi connectivity index (χ2v) is 6.06. The Morgan fingerprint density at radius 1 is 1.37 bits per heavy atom. The molecule has 1 rings (SSSR count). The first-order valence-corrected chi connectivity index (χ1v) is 6.53. The molecule has 0 heterocycles. The fourth-order valence-corrected chi connectivity index (χ4v) is 1.91. The summed E-state index contributed by atoms with van der Waals surface area (Å²) in [4.78, 5) is 12.9. The van der Waals surface area contributed by atoms with E-state index < -0.39 is 0 Å². The molecular weight excluding hydrogens is 238 g/mol. The normalized spacial score (nSPS) is 11.4. The molecule has 106 valence electrons. The standard InChI is InChI=1S/C15H25N3O/c1-11-6-7-13(18(5)10-14(16)19)12(8-11)9-17-15(2,3)4/h6-8,17H,9-10H2,1-5H3,(H2,16,19). The minimum Gasteiger partial charge on any atom is -0.368 e. The smallest absolute Gasteiger partial charge is 0.236 e. The summed E-state index contributed by atoms with van der Waals surface area (Å²) in [6.45, 7) is 9.47. The van der Waals surface area contributed by atoms with Gasteiger partial charge in [-0.05, 0) is 39.3 Å². The average molecular weight is 263 g/mol. The molecule has 1 amide bonds. The summed E-state index contributed by atoms with van der Waals surface area (Å²) in [7, 11) is 1.88. The quantitative estimate of drug-likeness (QED) is 0.851. The summed E-state index contributed by atoms with van der Waals surface area (Å²) in [6, 6.07) is 6.23. The van der Waals surface area contributed by atoms with E-state index in [9.17, 15) is 4.79 Å². The van der Waals surface area contributed by atoms with Crippen LogP contribution in [-0.2, 0) is 11.3 Å². The summed E-state index contributed by atoms with van der Waals surface area (Å²) >= 11 is 0. The van der Waals surface area contributed by atoms with Crippen LogP contribution in [0.1, 0.15) is 31.9 Å². The number of rotatable bonds is 5. The van der Waals surface area contributed by atoms with Crippen LogP contribution in [0.2, 0.25) is 0 Å². The van der Waals surface area contributed by atoms with Gasteiger partial charge in [-0.2, -0.15) is 0 Å². The molecule has 19 heavy (non-hydrogen) atoms. The van der Waals surface area contributed by atoms with Crippen molar-refractivity contribution in [3.63, 3.8) is 0 Å². The number of anilines is 1. The minimum absolute atomic E-state index is 0.0588. The van der Waals surface area contributed by atoms with Crippen molar-refractivity contribution in [2.24, 2.45) is 5.73 Å². The van der Waals surface area contributed by atoms with Crippen molar-refractivity contribution in [1.82, 2.24) is 5.32 Å². The highest BCUT2D eigenvalue weighted by atomic mass is 16.1. The van der Waals surface area contributed by atoms with Crippen molar-refractivity contribution in [2.45, 2.75) is 39.8 Å². The average Bonchev–Trinajstić information content (AvgIpc) is 2.24. The van der Waals surface area contributed by atoms with E-state index in [1.807, 2.05) is 24.1 Å². The Bertz CT molecular complexity index is 449. The molecular formula is C15H25N3O. The molecule has 0 atom stereocenters. The number of nitrogens with one attached hydrogen (secondary N) is 1. The maximum Gasteiger partial charge on any atom is 0.236 e. The van der Waals surface area contributed by atoms with Gasteiger partial charge in [-0.3, -0.25) is 4.79 Å². The lowest BCUT2D eigenvalue weighted by Crippen LogP contribution is -2.36. The fourth-order valence-electron chi connectivity index (χ4n) is 1.91. The van der Waals surface area contributed by atoms with E-state index in [1.54, 1.807) is 0 Å². The molecule has 0 saturated heterocycles. The number of carbonyl (C=O) groups is 1. The van der Waals surface area contributed by atoms with Crippen molar-refractivity contribution >= 4 is 11.6 Å². The molecule has 0 bridgehead atoms. The zero-order valence-electron chi connectivity index (χ0n) is 12.6. The summed E-state index contributed by atoms with van der Waals surface area (Å²) in [5.41, 5.74) is 8.75. The second kappa shape index (κ2) is 6.06. The molecule has 0 spiro atoms. The number of hydrogen-bond donors (Lipinski definition) is 2. The summed E-state index contributed by atoms with van der Waals surface area (Å²) in [5.74, 6) is -0.321. The molecule has 3 N–H and O–H groups in total. The zero-order chi connectivity index (χ0) is 14.6. The van der Waals surface area contributed by atoms with Crippen molar-refractivity contribution in [3.8, 4) is 0 Å². The van der Waals surface area contributed by atoms with Gasteiger partial charge in [-0.1, -0.05) is 17.7 Å². The number of aryl methyl sites for hydroxylation is 1. The van der Waals surface area contributed by atoms with Gasteiger partial charge in [-0.25, -0.2) is 0 Å². The third-order valence-corrected chi connectivity index (χ3v) is 2.85. The Kier molecular flexibility index (Phi) is 4.95. The lowest BCUT2D eigenvalue weighted by atomic mass is 10.1. The van der Waals surface area contributed by atoms with Crippen LogP contribution in [0, 0.1) is 6.92 Å². The van der Waals surface area contributed by atoms with Gasteiger partial charge in [0, 0.05) is 24.8 Å². The van der Waals surface area contributed by atoms with E-state index >= 15 is 0 Å². The van der Waals surface area contributed by atoms with E-state index in [1.165, 1.54) is 11.1 Å². The summed E-state index contributed by atoms with van der Waals surface area (Å²) in [6.07, 6.45) is 0. The summed E-state index contributed by atoms with van der Waals surface area (Å²) < 4.78 is 0. The maximum atomic E-state index is 11.0. The van der Waals surface area contributed by atoms with Gasteiger partial charge in [0.25, 0.3) is 0 Å². The first kappa shape index (κ1) is 15.5. The second-order valence-electron chi connectivity index (χ2n) is 6.06. The number of nitrogens with zero attached hydrogens (tertiary/aromatic N) is 1. The first-order chi connectivity index (χ1) is 8.69. The molecule has 0 aliphatic carbocycles. The zero-order valence-corrected chi connectivity index (χ0v) is 12.6. The van der Waals surface area contributed by atoms with E-state index in [0.29, 0.717) is 0 Å². The molecule has 0 fully saturated rings. The number of primary amides is 1. The minimum atomic E-state index is -0.321. The number of benzene rings is 1. The van der Waals surface area contributed by atoms with Crippen LogP contribution in [0.4, 0.5) is 5.69 Å².